The number of nitrogens with two attached hydrogens (primary N) is 1. The number of nitrogen functional groups attached to an aromatic ring is 1. The molecule has 3 nitrogen and oxygen atoms in total. The molecule has 2 N–H and O–H groups in total. The number of aromatic nitrogens is 1. The third kappa shape index (κ3) is 8.95. The highest BCUT2D eigenvalue weighted by molar-refractivity contribution is 7.80. The number of anilines is 1. The maximum Gasteiger partial charge on any atom is 0.252 e. The van der Waals surface area contributed by atoms with Crippen LogP contribution in [0.3, 0.4) is 0 Å². The number of nitrogens with zero attached hydrogens (tertiary/aromatic N) is 1. The number of hydrogen-bond acceptors (Lipinski definition) is 5. The van der Waals surface area contributed by atoms with E-state index in [4.69, 9.17) is 22.3 Å². The predicted molar refractivity (Wildman–Crippen MR) is 177 cm³/mol. The minimum Gasteiger partial charge on any atom is -0.398 e. The van der Waals surface area contributed by atoms with Crippen LogP contribution in [0.1, 0.15) is 63.0 Å². The van der Waals surface area contributed by atoms with Crippen molar-refractivity contribution in [3.05, 3.63) is 114 Å². The van der Waals surface area contributed by atoms with Gasteiger partial charge in [0, 0.05) is 21.7 Å². The second kappa shape index (κ2) is 13.5. The van der Waals surface area contributed by atoms with Crippen LogP contribution >= 0.6 is 35.6 Å². The van der Waals surface area contributed by atoms with Gasteiger partial charge in [0.1, 0.15) is 5.01 Å². The molecular formula is C34H37ClN2OS2. The summed E-state index contributed by atoms with van der Waals surface area (Å²) in [5, 5.41) is 0.696. The Morgan fingerprint density at radius 1 is 0.750 bits per heavy atom. The van der Waals surface area contributed by atoms with Gasteiger partial charge >= 0.3 is 0 Å². The van der Waals surface area contributed by atoms with Gasteiger partial charge in [-0.15, -0.1) is 24.0 Å². The minimum absolute atomic E-state index is 0.119. The van der Waals surface area contributed by atoms with Crippen molar-refractivity contribution in [1.82, 2.24) is 4.98 Å². The Bertz CT molecular complexity index is 1490. The summed E-state index contributed by atoms with van der Waals surface area (Å²) in [5.41, 5.74) is 11.9. The van der Waals surface area contributed by atoms with Gasteiger partial charge < -0.3 is 5.73 Å². The summed E-state index contributed by atoms with van der Waals surface area (Å²) in [6.07, 6.45) is 0. The minimum atomic E-state index is -0.402. The fraction of sp³-hybridized carbons (Fsp3) is 0.235. The molecular weight excluding hydrogens is 552 g/mol. The van der Waals surface area contributed by atoms with E-state index in [1.807, 2.05) is 42.5 Å². The lowest BCUT2D eigenvalue weighted by Crippen LogP contribution is -2.10. The molecule has 0 aliphatic carbocycles. The molecule has 1 heterocycles. The van der Waals surface area contributed by atoms with Crippen LogP contribution in [0.4, 0.5) is 5.69 Å². The summed E-state index contributed by atoms with van der Waals surface area (Å²) in [6.45, 7) is 13.1. The average molecular weight is 589 g/mol. The molecule has 1 aromatic heterocycles. The number of fused-ring (bicyclic) bond motifs is 1. The summed E-state index contributed by atoms with van der Waals surface area (Å²) < 4.78 is 1.25. The lowest BCUT2D eigenvalue weighted by Gasteiger charge is -2.18. The molecule has 208 valence electrons. The molecule has 0 saturated carbocycles. The van der Waals surface area contributed by atoms with Crippen molar-refractivity contribution in [2.24, 2.45) is 0 Å². The van der Waals surface area contributed by atoms with E-state index in [9.17, 15) is 4.79 Å². The Morgan fingerprint density at radius 3 is 1.70 bits per heavy atom. The maximum absolute atomic E-state index is 10.8. The van der Waals surface area contributed by atoms with Crippen molar-refractivity contribution >= 4 is 56.7 Å². The molecule has 0 radical (unpaired) electrons. The number of benzene rings is 4. The molecule has 0 saturated heterocycles. The Labute approximate surface area is 252 Å². The van der Waals surface area contributed by atoms with Crippen molar-refractivity contribution in [3.8, 4) is 10.6 Å². The molecule has 0 fully saturated rings. The van der Waals surface area contributed by atoms with Gasteiger partial charge in [0.15, 0.2) is 0 Å². The smallest absolute Gasteiger partial charge is 0.252 e. The number of rotatable bonds is 2. The lowest BCUT2D eigenvalue weighted by molar-refractivity contribution is 0.108. The third-order valence-corrected chi connectivity index (χ3v) is 7.92. The van der Waals surface area contributed by atoms with Crippen LogP contribution in [0.2, 0.25) is 0 Å². The third-order valence-electron chi connectivity index (χ3n) is 6.21. The first-order valence-corrected chi connectivity index (χ1v) is 14.7. The summed E-state index contributed by atoms with van der Waals surface area (Å²) in [6, 6.07) is 31.9. The fourth-order valence-electron chi connectivity index (χ4n) is 3.70. The zero-order chi connectivity index (χ0) is 29.5. The summed E-state index contributed by atoms with van der Waals surface area (Å²) in [4.78, 5) is 16.3. The van der Waals surface area contributed by atoms with Gasteiger partial charge in [0.2, 0.25) is 0 Å². The molecule has 6 heteroatoms. The fourth-order valence-corrected chi connectivity index (χ4v) is 4.95. The first-order valence-electron chi connectivity index (χ1n) is 13.1. The van der Waals surface area contributed by atoms with Crippen LogP contribution in [-0.4, -0.2) is 10.2 Å². The number of hydrogen-bond donors (Lipinski definition) is 2. The van der Waals surface area contributed by atoms with E-state index < -0.39 is 5.24 Å². The summed E-state index contributed by atoms with van der Waals surface area (Å²) >= 11 is 11.2. The van der Waals surface area contributed by atoms with Gasteiger partial charge in [-0.25, -0.2) is 4.98 Å². The summed E-state index contributed by atoms with van der Waals surface area (Å²) in [5.74, 6) is 0. The van der Waals surface area contributed by atoms with Crippen LogP contribution in [0.5, 0.6) is 0 Å². The van der Waals surface area contributed by atoms with Gasteiger partial charge in [0.05, 0.1) is 10.2 Å². The second-order valence-electron chi connectivity index (χ2n) is 11.5. The number of carbonyl (C=O) groups is 1. The standard InChI is InChI=1S/C17H17NS.C11H13ClO.C6H7NS/c1-17(2,3)13-10-8-12(9-11-13)16-18-14-6-4-5-7-15(14)19-16;1-11(2,3)9-6-4-8(5-7-9)10(12)13;7-5-3-1-2-4-6(5)8/h4-11H,1-3H3;4-7H,1-3H3;1-4,8H,7H2. The average Bonchev–Trinajstić information content (AvgIpc) is 3.35. The van der Waals surface area contributed by atoms with Gasteiger partial charge in [-0.1, -0.05) is 102 Å². The molecule has 40 heavy (non-hydrogen) atoms. The molecule has 5 aromatic rings. The molecule has 4 aromatic carbocycles. The van der Waals surface area contributed by atoms with Crippen molar-refractivity contribution in [2.75, 3.05) is 5.73 Å². The largest absolute Gasteiger partial charge is 0.398 e. The Morgan fingerprint density at radius 2 is 1.25 bits per heavy atom. The molecule has 0 unspecified atom stereocenters. The van der Waals surface area contributed by atoms with Crippen LogP contribution in [0.15, 0.2) is 102 Å². The number of halogens is 1. The predicted octanol–water partition coefficient (Wildman–Crippen LogP) is 10.2. The van der Waals surface area contributed by atoms with Gasteiger partial charge in [-0.3, -0.25) is 4.79 Å². The Balaban J connectivity index is 0.000000182. The van der Waals surface area contributed by atoms with E-state index in [0.717, 1.165) is 21.1 Å². The molecule has 0 spiro atoms. The first kappa shape index (κ1) is 31.4. The highest BCUT2D eigenvalue weighted by Gasteiger charge is 2.14. The molecule has 0 atom stereocenters. The van der Waals surface area contributed by atoms with Crippen LogP contribution in [-0.2, 0) is 10.8 Å². The normalized spacial score (nSPS) is 11.2. The second-order valence-corrected chi connectivity index (χ2v) is 13.3. The van der Waals surface area contributed by atoms with E-state index in [0.29, 0.717) is 5.56 Å². The van der Waals surface area contributed by atoms with Gasteiger partial charge in [0.25, 0.3) is 5.24 Å². The Kier molecular flexibility index (Phi) is 10.6. The quantitative estimate of drug-likeness (QED) is 0.122. The van der Waals surface area contributed by atoms with Crippen LogP contribution in [0.25, 0.3) is 20.8 Å². The van der Waals surface area contributed by atoms with E-state index in [2.05, 4.69) is 96.6 Å². The van der Waals surface area contributed by atoms with E-state index in [-0.39, 0.29) is 10.8 Å². The van der Waals surface area contributed by atoms with Crippen LogP contribution in [0, 0.1) is 0 Å². The highest BCUT2D eigenvalue weighted by Crippen LogP contribution is 2.31. The van der Waals surface area contributed by atoms with Crippen molar-refractivity contribution < 1.29 is 4.79 Å². The topological polar surface area (TPSA) is 56.0 Å². The molecule has 0 aliphatic heterocycles. The van der Waals surface area contributed by atoms with Gasteiger partial charge in [-0.2, -0.15) is 0 Å². The number of para-hydroxylation sites is 2. The van der Waals surface area contributed by atoms with Crippen LogP contribution < -0.4 is 5.73 Å². The first-order chi connectivity index (χ1) is 18.8. The van der Waals surface area contributed by atoms with Crippen molar-refractivity contribution in [2.45, 2.75) is 57.3 Å². The maximum atomic E-state index is 10.8. The van der Waals surface area contributed by atoms with E-state index >= 15 is 0 Å². The van der Waals surface area contributed by atoms with Gasteiger partial charge in [-0.05, 0) is 70.0 Å². The molecule has 5 rings (SSSR count). The van der Waals surface area contributed by atoms with E-state index in [1.165, 1.54) is 21.4 Å². The monoisotopic (exact) mass is 588 g/mol. The zero-order valence-corrected chi connectivity index (χ0v) is 26.4. The molecule has 0 bridgehead atoms. The SMILES string of the molecule is CC(C)(C)c1ccc(-c2nc3ccccc3s2)cc1.CC(C)(C)c1ccc(C(=O)Cl)cc1.Nc1ccccc1S. The van der Waals surface area contributed by atoms with Crippen molar-refractivity contribution in [3.63, 3.8) is 0 Å². The number of thiazole rings is 1. The van der Waals surface area contributed by atoms with Crippen molar-refractivity contribution in [1.29, 1.82) is 0 Å². The highest BCUT2D eigenvalue weighted by atomic mass is 35.5. The zero-order valence-electron chi connectivity index (χ0n) is 23.9. The van der Waals surface area contributed by atoms with E-state index in [1.54, 1.807) is 23.5 Å². The lowest BCUT2D eigenvalue weighted by atomic mass is 9.87. The number of carbonyl (C=O) groups excluding carboxylic acids is 1. The molecule has 0 amide bonds. The summed E-state index contributed by atoms with van der Waals surface area (Å²) in [7, 11) is 0. The Hall–Kier alpha value is -3.12. The number of thiol groups is 1. The molecule has 0 aliphatic rings.